The zero-order valence-electron chi connectivity index (χ0n) is 15.4. The molecule has 2 aliphatic heterocycles. The molecule has 8 heteroatoms. The Hall–Kier alpha value is -1.90. The van der Waals surface area contributed by atoms with E-state index in [4.69, 9.17) is 0 Å². The van der Waals surface area contributed by atoms with E-state index < -0.39 is 10.2 Å². The molecule has 0 radical (unpaired) electrons. The predicted octanol–water partition coefficient (Wildman–Crippen LogP) is 2.05. The van der Waals surface area contributed by atoms with Gasteiger partial charge in [0.1, 0.15) is 5.69 Å². The van der Waals surface area contributed by atoms with Crippen LogP contribution in [0, 0.1) is 0 Å². The molecule has 27 heavy (non-hydrogen) atoms. The van der Waals surface area contributed by atoms with Crippen molar-refractivity contribution in [1.29, 1.82) is 0 Å². The molecular weight excluding hydrogens is 364 g/mol. The molecule has 2 aliphatic rings. The topological polar surface area (TPSA) is 76.7 Å². The van der Waals surface area contributed by atoms with Gasteiger partial charge >= 0.3 is 0 Å². The number of carbonyl (C=O) groups excluding carboxylic acids is 1. The summed E-state index contributed by atoms with van der Waals surface area (Å²) >= 11 is 0. The lowest BCUT2D eigenvalue weighted by atomic mass is 10.2. The third kappa shape index (κ3) is 3.74. The van der Waals surface area contributed by atoms with E-state index in [0.717, 1.165) is 36.6 Å². The Morgan fingerprint density at radius 2 is 1.48 bits per heavy atom. The normalized spacial score (nSPS) is 20.7. The molecular formula is C19H26N4O3S. The average molecular weight is 391 g/mol. The Bertz CT molecular complexity index is 875. The number of piperazine rings is 1. The number of aromatic amines is 1. The van der Waals surface area contributed by atoms with Gasteiger partial charge in [-0.3, -0.25) is 4.79 Å². The van der Waals surface area contributed by atoms with E-state index in [9.17, 15) is 13.2 Å². The first-order chi connectivity index (χ1) is 13.1. The van der Waals surface area contributed by atoms with E-state index >= 15 is 0 Å². The second-order valence-electron chi connectivity index (χ2n) is 7.28. The van der Waals surface area contributed by atoms with Crippen LogP contribution in [0.5, 0.6) is 0 Å². The molecule has 2 saturated heterocycles. The highest BCUT2D eigenvalue weighted by Gasteiger charge is 2.33. The van der Waals surface area contributed by atoms with E-state index in [1.165, 1.54) is 4.31 Å². The summed E-state index contributed by atoms with van der Waals surface area (Å²) in [6, 6.07) is 9.64. The van der Waals surface area contributed by atoms with Crippen LogP contribution in [0.2, 0.25) is 0 Å². The van der Waals surface area contributed by atoms with Crippen LogP contribution in [0.3, 0.4) is 0 Å². The van der Waals surface area contributed by atoms with Gasteiger partial charge in [0.15, 0.2) is 0 Å². The number of nitrogens with one attached hydrogen (secondary N) is 1. The van der Waals surface area contributed by atoms with Crippen LogP contribution in [0.25, 0.3) is 10.9 Å². The zero-order valence-corrected chi connectivity index (χ0v) is 16.2. The van der Waals surface area contributed by atoms with Crippen molar-refractivity contribution in [2.75, 3.05) is 39.3 Å². The Labute approximate surface area is 160 Å². The predicted molar refractivity (Wildman–Crippen MR) is 105 cm³/mol. The van der Waals surface area contributed by atoms with Gasteiger partial charge in [0.25, 0.3) is 16.1 Å². The minimum absolute atomic E-state index is 0.0713. The van der Waals surface area contributed by atoms with E-state index in [0.29, 0.717) is 45.0 Å². The van der Waals surface area contributed by atoms with Crippen molar-refractivity contribution in [3.63, 3.8) is 0 Å². The first kappa shape index (κ1) is 18.5. The zero-order chi connectivity index (χ0) is 18.9. The van der Waals surface area contributed by atoms with Crippen molar-refractivity contribution in [3.8, 4) is 0 Å². The van der Waals surface area contributed by atoms with Gasteiger partial charge in [0, 0.05) is 50.2 Å². The van der Waals surface area contributed by atoms with Crippen LogP contribution in [0.15, 0.2) is 30.3 Å². The molecule has 0 saturated carbocycles. The standard InChI is InChI=1S/C19H26N4O3S/c24-19(18-15-16-7-3-4-8-17(16)20-18)21-11-13-23(14-12-21)27(25,26)22-9-5-1-2-6-10-22/h3-4,7-8,15,20H,1-2,5-6,9-14H2. The molecule has 3 heterocycles. The van der Waals surface area contributed by atoms with Crippen molar-refractivity contribution < 1.29 is 13.2 Å². The number of para-hydroxylation sites is 1. The molecule has 4 rings (SSSR count). The van der Waals surface area contributed by atoms with Crippen LogP contribution >= 0.6 is 0 Å². The number of rotatable bonds is 3. The maximum absolute atomic E-state index is 12.9. The van der Waals surface area contributed by atoms with E-state index in [1.54, 1.807) is 9.21 Å². The highest BCUT2D eigenvalue weighted by atomic mass is 32.2. The molecule has 1 N–H and O–H groups in total. The smallest absolute Gasteiger partial charge is 0.282 e. The second kappa shape index (κ2) is 7.61. The highest BCUT2D eigenvalue weighted by molar-refractivity contribution is 7.86. The lowest BCUT2D eigenvalue weighted by molar-refractivity contribution is 0.0689. The number of amides is 1. The van der Waals surface area contributed by atoms with Gasteiger partial charge in [-0.15, -0.1) is 0 Å². The fraction of sp³-hybridized carbons (Fsp3) is 0.526. The fourth-order valence-corrected chi connectivity index (χ4v) is 5.59. The Kier molecular flexibility index (Phi) is 5.21. The maximum atomic E-state index is 12.9. The third-order valence-electron chi connectivity index (χ3n) is 5.50. The second-order valence-corrected chi connectivity index (χ2v) is 9.21. The van der Waals surface area contributed by atoms with Crippen LogP contribution in [-0.2, 0) is 10.2 Å². The summed E-state index contributed by atoms with van der Waals surface area (Å²) in [5.41, 5.74) is 1.49. The molecule has 1 aromatic carbocycles. The summed E-state index contributed by atoms with van der Waals surface area (Å²) in [7, 11) is -3.42. The number of hydrogen-bond donors (Lipinski definition) is 1. The lowest BCUT2D eigenvalue weighted by Crippen LogP contribution is -2.54. The van der Waals surface area contributed by atoms with Gasteiger partial charge < -0.3 is 9.88 Å². The van der Waals surface area contributed by atoms with Gasteiger partial charge in [-0.25, -0.2) is 0 Å². The summed E-state index contributed by atoms with van der Waals surface area (Å²) in [5, 5.41) is 1.00. The molecule has 0 aliphatic carbocycles. The van der Waals surface area contributed by atoms with Crippen molar-refractivity contribution in [1.82, 2.24) is 18.5 Å². The molecule has 0 spiro atoms. The van der Waals surface area contributed by atoms with Crippen LogP contribution in [0.4, 0.5) is 0 Å². The van der Waals surface area contributed by atoms with Gasteiger partial charge in [0.05, 0.1) is 0 Å². The summed E-state index contributed by atoms with van der Waals surface area (Å²) < 4.78 is 29.0. The first-order valence-electron chi connectivity index (χ1n) is 9.68. The van der Waals surface area contributed by atoms with Crippen molar-refractivity contribution in [3.05, 3.63) is 36.0 Å². The fourth-order valence-electron chi connectivity index (χ4n) is 3.92. The van der Waals surface area contributed by atoms with Gasteiger partial charge in [0.2, 0.25) is 0 Å². The van der Waals surface area contributed by atoms with Crippen molar-refractivity contribution in [2.24, 2.45) is 0 Å². The van der Waals surface area contributed by atoms with Crippen LogP contribution < -0.4 is 0 Å². The Balaban J connectivity index is 1.41. The molecule has 7 nitrogen and oxygen atoms in total. The third-order valence-corrected chi connectivity index (χ3v) is 7.54. The highest BCUT2D eigenvalue weighted by Crippen LogP contribution is 2.20. The van der Waals surface area contributed by atoms with Gasteiger partial charge in [-0.05, 0) is 25.0 Å². The molecule has 2 fully saturated rings. The summed E-state index contributed by atoms with van der Waals surface area (Å²) in [6.45, 7) is 2.76. The number of benzene rings is 1. The number of hydrogen-bond acceptors (Lipinski definition) is 3. The number of fused-ring (bicyclic) bond motifs is 1. The summed E-state index contributed by atoms with van der Waals surface area (Å²) in [5.74, 6) is -0.0713. The molecule has 146 valence electrons. The first-order valence-corrected chi connectivity index (χ1v) is 11.1. The summed E-state index contributed by atoms with van der Waals surface area (Å²) in [4.78, 5) is 17.7. The molecule has 1 aromatic heterocycles. The number of aromatic nitrogens is 1. The number of carbonyl (C=O) groups is 1. The quantitative estimate of drug-likeness (QED) is 0.871. The molecule has 1 amide bonds. The Morgan fingerprint density at radius 3 is 2.15 bits per heavy atom. The van der Waals surface area contributed by atoms with Crippen LogP contribution in [0.1, 0.15) is 36.2 Å². The number of H-pyrrole nitrogens is 1. The minimum atomic E-state index is -3.42. The van der Waals surface area contributed by atoms with E-state index in [1.807, 2.05) is 30.3 Å². The van der Waals surface area contributed by atoms with E-state index in [2.05, 4.69) is 4.98 Å². The van der Waals surface area contributed by atoms with Gasteiger partial charge in [-0.1, -0.05) is 31.0 Å². The molecule has 0 unspecified atom stereocenters. The summed E-state index contributed by atoms with van der Waals surface area (Å²) in [6.07, 6.45) is 4.05. The average Bonchev–Trinajstić information content (AvgIpc) is 2.92. The maximum Gasteiger partial charge on any atom is 0.282 e. The van der Waals surface area contributed by atoms with Crippen molar-refractivity contribution >= 4 is 27.0 Å². The molecule has 0 atom stereocenters. The van der Waals surface area contributed by atoms with Crippen molar-refractivity contribution in [2.45, 2.75) is 25.7 Å². The lowest BCUT2D eigenvalue weighted by Gasteiger charge is -2.36. The minimum Gasteiger partial charge on any atom is -0.351 e. The SMILES string of the molecule is O=C(c1cc2ccccc2[nH]1)N1CCN(S(=O)(=O)N2CCCCCC2)CC1. The molecule has 2 aromatic rings. The van der Waals surface area contributed by atoms with Crippen LogP contribution in [-0.4, -0.2) is 72.1 Å². The number of nitrogens with zero attached hydrogens (tertiary/aromatic N) is 3. The Morgan fingerprint density at radius 1 is 0.852 bits per heavy atom. The largest absolute Gasteiger partial charge is 0.351 e. The molecule has 0 bridgehead atoms. The van der Waals surface area contributed by atoms with Gasteiger partial charge in [-0.2, -0.15) is 17.0 Å². The van der Waals surface area contributed by atoms with E-state index in [-0.39, 0.29) is 5.91 Å². The monoisotopic (exact) mass is 390 g/mol.